The van der Waals surface area contributed by atoms with Gasteiger partial charge in [0.15, 0.2) is 11.5 Å². The van der Waals surface area contributed by atoms with E-state index in [9.17, 15) is 19.2 Å². The third-order valence-electron chi connectivity index (χ3n) is 6.48. The van der Waals surface area contributed by atoms with Crippen LogP contribution in [-0.4, -0.2) is 62.0 Å². The van der Waals surface area contributed by atoms with E-state index in [1.807, 2.05) is 34.6 Å². The summed E-state index contributed by atoms with van der Waals surface area (Å²) in [6, 6.07) is 3.26. The highest BCUT2D eigenvalue weighted by Gasteiger charge is 2.24. The van der Waals surface area contributed by atoms with Crippen LogP contribution >= 0.6 is 0 Å². The fourth-order valence-corrected chi connectivity index (χ4v) is 2.91. The molecule has 42 heavy (non-hydrogen) atoms. The van der Waals surface area contributed by atoms with Crippen molar-refractivity contribution in [1.82, 2.24) is 0 Å². The van der Waals surface area contributed by atoms with Gasteiger partial charge in [0.1, 0.15) is 24.4 Å². The molecule has 0 amide bonds. The lowest BCUT2D eigenvalue weighted by Gasteiger charge is -2.23. The van der Waals surface area contributed by atoms with Gasteiger partial charge in [0, 0.05) is 0 Å². The fraction of sp³-hybridized carbons (Fsp3) is 0.667. The molecule has 12 heteroatoms. The topological polar surface area (TPSA) is 159 Å². The summed E-state index contributed by atoms with van der Waals surface area (Å²) in [6.07, 6.45) is -1.37. The average Bonchev–Trinajstić information content (AvgIpc) is 2.94. The van der Waals surface area contributed by atoms with Crippen LogP contribution in [0.3, 0.4) is 0 Å². The molecule has 2 N–H and O–H groups in total. The van der Waals surface area contributed by atoms with Gasteiger partial charge in [-0.2, -0.15) is 0 Å². The molecule has 238 valence electrons. The molecular formula is C30H47NO11. The van der Waals surface area contributed by atoms with Crippen LogP contribution in [0.5, 0.6) is 11.5 Å². The summed E-state index contributed by atoms with van der Waals surface area (Å²) in [7, 11) is 0. The van der Waals surface area contributed by atoms with E-state index >= 15 is 0 Å². The van der Waals surface area contributed by atoms with Gasteiger partial charge in [0.25, 0.3) is 0 Å². The van der Waals surface area contributed by atoms with Crippen molar-refractivity contribution in [3.63, 3.8) is 0 Å². The molecule has 2 unspecified atom stereocenters. The molecule has 0 saturated carbocycles. The maximum Gasteiger partial charge on any atom is 0.513 e. The zero-order chi connectivity index (χ0) is 31.9. The first-order valence-electron chi connectivity index (χ1n) is 14.3. The van der Waals surface area contributed by atoms with Gasteiger partial charge >= 0.3 is 24.4 Å². The number of benzene rings is 1. The normalized spacial score (nSPS) is 14.0. The van der Waals surface area contributed by atoms with E-state index in [0.717, 1.165) is 12.8 Å². The van der Waals surface area contributed by atoms with Gasteiger partial charge in [-0.1, -0.05) is 53.5 Å². The predicted molar refractivity (Wildman–Crippen MR) is 153 cm³/mol. The van der Waals surface area contributed by atoms with Crippen molar-refractivity contribution in [2.75, 3.05) is 19.8 Å². The van der Waals surface area contributed by atoms with Gasteiger partial charge in [-0.15, -0.1) is 0 Å². The maximum atomic E-state index is 12.6. The number of rotatable bonds is 16. The first-order chi connectivity index (χ1) is 19.7. The van der Waals surface area contributed by atoms with Crippen LogP contribution in [-0.2, 0) is 34.9 Å². The molecule has 12 nitrogen and oxygen atoms in total. The Morgan fingerprint density at radius 3 is 1.83 bits per heavy atom. The van der Waals surface area contributed by atoms with Crippen molar-refractivity contribution < 1.29 is 52.3 Å². The molecule has 0 bridgehead atoms. The van der Waals surface area contributed by atoms with Gasteiger partial charge in [-0.25, -0.2) is 14.4 Å². The number of nitrogens with two attached hydrogens (primary N) is 1. The molecule has 0 fully saturated rings. The van der Waals surface area contributed by atoms with Crippen LogP contribution in [0.25, 0.3) is 0 Å². The van der Waals surface area contributed by atoms with E-state index in [4.69, 9.17) is 38.9 Å². The SMILES string of the molecule is CCC(C)COC(=O)Oc1ccc(C[C@H](N)C(=O)O[C@@H](C)COC(=O)OC(C)(C)CC)cc1OC(=O)OCC(C)CC. The van der Waals surface area contributed by atoms with Crippen LogP contribution in [0.2, 0.25) is 0 Å². The largest absolute Gasteiger partial charge is 0.513 e. The predicted octanol–water partition coefficient (Wildman–Crippen LogP) is 5.95. The number of ether oxygens (including phenoxy) is 7. The number of carbonyl (C=O) groups excluding carboxylic acids is 4. The van der Waals surface area contributed by atoms with Crippen molar-refractivity contribution in [2.45, 2.75) is 98.8 Å². The Labute approximate surface area is 248 Å². The Kier molecular flexibility index (Phi) is 15.7. The lowest BCUT2D eigenvalue weighted by Crippen LogP contribution is -2.37. The average molecular weight is 598 g/mol. The highest BCUT2D eigenvalue weighted by molar-refractivity contribution is 5.76. The summed E-state index contributed by atoms with van der Waals surface area (Å²) in [6.45, 7) is 14.8. The molecule has 0 radical (unpaired) electrons. The summed E-state index contributed by atoms with van der Waals surface area (Å²) in [5.41, 5.74) is 5.86. The maximum absolute atomic E-state index is 12.6. The van der Waals surface area contributed by atoms with Crippen molar-refractivity contribution in [1.29, 1.82) is 0 Å². The van der Waals surface area contributed by atoms with Gasteiger partial charge in [0.2, 0.25) is 0 Å². The Hall–Kier alpha value is -3.54. The second-order valence-electron chi connectivity index (χ2n) is 11.0. The van der Waals surface area contributed by atoms with Crippen LogP contribution in [0, 0.1) is 11.8 Å². The minimum Gasteiger partial charge on any atom is -0.458 e. The van der Waals surface area contributed by atoms with Gasteiger partial charge < -0.3 is 38.9 Å². The summed E-state index contributed by atoms with van der Waals surface area (Å²) in [5, 5.41) is 0. The summed E-state index contributed by atoms with van der Waals surface area (Å²) in [4.78, 5) is 49.0. The smallest absolute Gasteiger partial charge is 0.458 e. The van der Waals surface area contributed by atoms with E-state index in [2.05, 4.69) is 0 Å². The molecular weight excluding hydrogens is 550 g/mol. The molecule has 0 heterocycles. The van der Waals surface area contributed by atoms with E-state index in [-0.39, 0.29) is 49.6 Å². The molecule has 0 aliphatic carbocycles. The highest BCUT2D eigenvalue weighted by atomic mass is 16.8. The summed E-state index contributed by atoms with van der Waals surface area (Å²) >= 11 is 0. The molecule has 4 atom stereocenters. The van der Waals surface area contributed by atoms with Crippen molar-refractivity contribution in [2.24, 2.45) is 17.6 Å². The minimum atomic E-state index is -1.10. The van der Waals surface area contributed by atoms with Crippen LogP contribution in [0.4, 0.5) is 14.4 Å². The lowest BCUT2D eigenvalue weighted by atomic mass is 10.1. The second-order valence-corrected chi connectivity index (χ2v) is 11.0. The summed E-state index contributed by atoms with van der Waals surface area (Å²) < 4.78 is 36.4. The number of hydrogen-bond acceptors (Lipinski definition) is 12. The number of carbonyl (C=O) groups is 4. The van der Waals surface area contributed by atoms with Crippen molar-refractivity contribution in [3.8, 4) is 11.5 Å². The van der Waals surface area contributed by atoms with Crippen LogP contribution in [0.1, 0.15) is 80.2 Å². The first kappa shape index (κ1) is 36.5. The molecule has 0 aliphatic rings. The van der Waals surface area contributed by atoms with E-state index < -0.39 is 42.2 Å². The molecule has 0 aliphatic heterocycles. The van der Waals surface area contributed by atoms with Gasteiger partial charge in [-0.05, 0) is 63.1 Å². The molecule has 1 aromatic carbocycles. The first-order valence-corrected chi connectivity index (χ1v) is 14.3. The monoisotopic (exact) mass is 597 g/mol. The lowest BCUT2D eigenvalue weighted by molar-refractivity contribution is -0.152. The Morgan fingerprint density at radius 2 is 1.31 bits per heavy atom. The van der Waals surface area contributed by atoms with Crippen molar-refractivity contribution in [3.05, 3.63) is 23.8 Å². The van der Waals surface area contributed by atoms with Crippen molar-refractivity contribution >= 4 is 24.4 Å². The van der Waals surface area contributed by atoms with E-state index in [1.54, 1.807) is 26.8 Å². The summed E-state index contributed by atoms with van der Waals surface area (Å²) in [5.74, 6) is -0.659. The zero-order valence-corrected chi connectivity index (χ0v) is 26.1. The minimum absolute atomic E-state index is 0.00381. The van der Waals surface area contributed by atoms with Gasteiger partial charge in [0.05, 0.1) is 13.2 Å². The van der Waals surface area contributed by atoms with Crippen LogP contribution in [0.15, 0.2) is 18.2 Å². The van der Waals surface area contributed by atoms with Crippen LogP contribution < -0.4 is 15.2 Å². The Morgan fingerprint density at radius 1 is 0.786 bits per heavy atom. The van der Waals surface area contributed by atoms with Gasteiger partial charge in [-0.3, -0.25) is 4.79 Å². The van der Waals surface area contributed by atoms with E-state index in [1.165, 1.54) is 12.1 Å². The molecule has 1 rings (SSSR count). The van der Waals surface area contributed by atoms with E-state index in [0.29, 0.717) is 12.0 Å². The third-order valence-corrected chi connectivity index (χ3v) is 6.48. The quantitative estimate of drug-likeness (QED) is 0.136. The Bertz CT molecular complexity index is 1030. The molecule has 0 aromatic heterocycles. The highest BCUT2D eigenvalue weighted by Crippen LogP contribution is 2.30. The standard InChI is InChI=1S/C30H47NO11/c1-9-19(4)16-36-27(33)40-24-13-12-22(15-25(24)41-28(34)37-17-20(5)10-2)14-23(31)26(32)39-21(6)18-38-29(35)42-30(7,8)11-3/h12-13,15,19-21,23H,9-11,14,16-18,31H2,1-8H3/t19?,20?,21-,23-/m0/s1. The molecule has 0 spiro atoms. The zero-order valence-electron chi connectivity index (χ0n) is 26.1. The number of esters is 1. The fourth-order valence-electron chi connectivity index (χ4n) is 2.91. The number of hydrogen-bond donors (Lipinski definition) is 1. The third kappa shape index (κ3) is 14.4. The Balaban J connectivity index is 2.87. The molecule has 1 aromatic rings. The second kappa shape index (κ2) is 18.1. The molecule has 0 saturated heterocycles.